The van der Waals surface area contributed by atoms with Crippen LogP contribution in [0.1, 0.15) is 24.3 Å². The monoisotopic (exact) mass is 196 g/mol. The van der Waals surface area contributed by atoms with Crippen molar-refractivity contribution in [3.05, 3.63) is 17.5 Å². The molecule has 0 aromatic carbocycles. The minimum absolute atomic E-state index is 0.549. The molecule has 2 rings (SSSR count). The highest BCUT2D eigenvalue weighted by atomic mass is 16.5. The molecule has 78 valence electrons. The molecule has 0 unspecified atom stereocenters. The predicted octanol–water partition coefficient (Wildman–Crippen LogP) is 1.32. The second kappa shape index (κ2) is 4.57. The Hall–Kier alpha value is -0.870. The van der Waals surface area contributed by atoms with E-state index in [9.17, 15) is 0 Å². The van der Waals surface area contributed by atoms with Gasteiger partial charge >= 0.3 is 0 Å². The first kappa shape index (κ1) is 9.68. The SMILES string of the molecule is CNCc1cc(COCC2CC2)on1. The van der Waals surface area contributed by atoms with E-state index in [1.807, 2.05) is 13.1 Å². The molecule has 1 aliphatic rings. The maximum Gasteiger partial charge on any atom is 0.162 e. The fraction of sp³-hybridized carbons (Fsp3) is 0.700. The molecule has 1 saturated carbocycles. The molecule has 1 heterocycles. The Labute approximate surface area is 83.6 Å². The summed E-state index contributed by atoms with van der Waals surface area (Å²) in [6.45, 7) is 2.15. The largest absolute Gasteiger partial charge is 0.373 e. The molecule has 0 bridgehead atoms. The van der Waals surface area contributed by atoms with Gasteiger partial charge in [0.1, 0.15) is 6.61 Å². The van der Waals surface area contributed by atoms with Gasteiger partial charge in [0, 0.05) is 19.2 Å². The van der Waals surface area contributed by atoms with Crippen molar-refractivity contribution in [2.75, 3.05) is 13.7 Å². The van der Waals surface area contributed by atoms with E-state index in [1.165, 1.54) is 12.8 Å². The van der Waals surface area contributed by atoms with Crippen LogP contribution in [0, 0.1) is 5.92 Å². The summed E-state index contributed by atoms with van der Waals surface area (Å²) in [4.78, 5) is 0. The van der Waals surface area contributed by atoms with Crippen LogP contribution in [0.3, 0.4) is 0 Å². The van der Waals surface area contributed by atoms with E-state index < -0.39 is 0 Å². The quantitative estimate of drug-likeness (QED) is 0.745. The molecule has 1 aliphatic carbocycles. The molecule has 0 spiro atoms. The summed E-state index contributed by atoms with van der Waals surface area (Å²) in [6.07, 6.45) is 2.64. The fourth-order valence-electron chi connectivity index (χ4n) is 1.30. The molecule has 0 radical (unpaired) electrons. The van der Waals surface area contributed by atoms with Crippen LogP contribution in [0.25, 0.3) is 0 Å². The lowest BCUT2D eigenvalue weighted by Gasteiger charge is -1.97. The van der Waals surface area contributed by atoms with Crippen LogP contribution in [-0.4, -0.2) is 18.8 Å². The van der Waals surface area contributed by atoms with Crippen LogP contribution < -0.4 is 5.32 Å². The standard InChI is InChI=1S/C10H16N2O2/c1-11-5-9-4-10(14-12-9)7-13-6-8-2-3-8/h4,8,11H,2-3,5-7H2,1H3. The predicted molar refractivity (Wildman–Crippen MR) is 51.6 cm³/mol. The van der Waals surface area contributed by atoms with Crippen molar-refractivity contribution in [1.29, 1.82) is 0 Å². The summed E-state index contributed by atoms with van der Waals surface area (Å²) in [5, 5.41) is 6.92. The van der Waals surface area contributed by atoms with Gasteiger partial charge in [-0.25, -0.2) is 0 Å². The van der Waals surface area contributed by atoms with E-state index in [0.717, 1.165) is 30.5 Å². The molecular weight excluding hydrogens is 180 g/mol. The van der Waals surface area contributed by atoms with E-state index in [-0.39, 0.29) is 0 Å². The van der Waals surface area contributed by atoms with E-state index in [4.69, 9.17) is 9.26 Å². The van der Waals surface area contributed by atoms with E-state index in [1.54, 1.807) is 0 Å². The molecule has 0 saturated heterocycles. The Bertz CT molecular complexity index is 281. The summed E-state index contributed by atoms with van der Waals surface area (Å²) in [5.41, 5.74) is 0.928. The van der Waals surface area contributed by atoms with Crippen molar-refractivity contribution in [2.45, 2.75) is 26.0 Å². The first-order chi connectivity index (χ1) is 6.88. The summed E-state index contributed by atoms with van der Waals surface area (Å²) in [6, 6.07) is 1.93. The third-order valence-electron chi connectivity index (χ3n) is 2.26. The molecule has 1 fully saturated rings. The van der Waals surface area contributed by atoms with Crippen molar-refractivity contribution >= 4 is 0 Å². The van der Waals surface area contributed by atoms with Crippen LogP contribution in [0.4, 0.5) is 0 Å². The lowest BCUT2D eigenvalue weighted by Crippen LogP contribution is -2.04. The van der Waals surface area contributed by atoms with E-state index >= 15 is 0 Å². The first-order valence-electron chi connectivity index (χ1n) is 5.05. The van der Waals surface area contributed by atoms with E-state index in [0.29, 0.717) is 6.61 Å². The zero-order chi connectivity index (χ0) is 9.80. The number of ether oxygens (including phenoxy) is 1. The second-order valence-corrected chi connectivity index (χ2v) is 3.77. The highest BCUT2D eigenvalue weighted by Gasteiger charge is 2.21. The van der Waals surface area contributed by atoms with Gasteiger partial charge in [-0.05, 0) is 25.8 Å². The van der Waals surface area contributed by atoms with Gasteiger partial charge in [-0.3, -0.25) is 0 Å². The number of aromatic nitrogens is 1. The second-order valence-electron chi connectivity index (χ2n) is 3.77. The summed E-state index contributed by atoms with van der Waals surface area (Å²) < 4.78 is 10.6. The molecular formula is C10H16N2O2. The van der Waals surface area contributed by atoms with Crippen LogP contribution in [0.2, 0.25) is 0 Å². The van der Waals surface area contributed by atoms with Crippen molar-refractivity contribution in [2.24, 2.45) is 5.92 Å². The van der Waals surface area contributed by atoms with Crippen LogP contribution >= 0.6 is 0 Å². The maximum absolute atomic E-state index is 5.48. The maximum atomic E-state index is 5.48. The normalized spacial score (nSPS) is 16.1. The Balaban J connectivity index is 1.71. The third kappa shape index (κ3) is 2.82. The number of rotatable bonds is 6. The minimum atomic E-state index is 0.549. The van der Waals surface area contributed by atoms with Gasteiger partial charge in [-0.1, -0.05) is 5.16 Å². The number of nitrogens with one attached hydrogen (secondary N) is 1. The average Bonchev–Trinajstić information content (AvgIpc) is 2.88. The Morgan fingerprint density at radius 3 is 3.21 bits per heavy atom. The smallest absolute Gasteiger partial charge is 0.162 e. The molecule has 4 nitrogen and oxygen atoms in total. The Kier molecular flexibility index (Phi) is 3.16. The summed E-state index contributed by atoms with van der Waals surface area (Å²) in [7, 11) is 1.89. The minimum Gasteiger partial charge on any atom is -0.373 e. The molecule has 0 aliphatic heterocycles. The van der Waals surface area contributed by atoms with Crippen molar-refractivity contribution in [3.8, 4) is 0 Å². The van der Waals surface area contributed by atoms with Crippen LogP contribution in [0.5, 0.6) is 0 Å². The highest BCUT2D eigenvalue weighted by molar-refractivity contribution is 5.03. The van der Waals surface area contributed by atoms with Gasteiger partial charge in [0.25, 0.3) is 0 Å². The van der Waals surface area contributed by atoms with Crippen LogP contribution in [0.15, 0.2) is 10.6 Å². The lowest BCUT2D eigenvalue weighted by atomic mass is 10.3. The molecule has 0 atom stereocenters. The average molecular weight is 196 g/mol. The zero-order valence-electron chi connectivity index (χ0n) is 8.45. The summed E-state index contributed by atoms with van der Waals surface area (Å²) in [5.74, 6) is 1.62. The van der Waals surface area contributed by atoms with Gasteiger partial charge in [0.2, 0.25) is 0 Å². The van der Waals surface area contributed by atoms with Gasteiger partial charge in [-0.15, -0.1) is 0 Å². The number of hydrogen-bond acceptors (Lipinski definition) is 4. The molecule has 0 amide bonds. The molecule has 1 aromatic rings. The van der Waals surface area contributed by atoms with Crippen molar-refractivity contribution < 1.29 is 9.26 Å². The highest BCUT2D eigenvalue weighted by Crippen LogP contribution is 2.29. The molecule has 14 heavy (non-hydrogen) atoms. The molecule has 1 aromatic heterocycles. The lowest BCUT2D eigenvalue weighted by molar-refractivity contribution is 0.0926. The van der Waals surface area contributed by atoms with E-state index in [2.05, 4.69) is 10.5 Å². The fourth-order valence-corrected chi connectivity index (χ4v) is 1.30. The van der Waals surface area contributed by atoms with Gasteiger partial charge in [-0.2, -0.15) is 0 Å². The van der Waals surface area contributed by atoms with Gasteiger partial charge < -0.3 is 14.6 Å². The third-order valence-corrected chi connectivity index (χ3v) is 2.26. The van der Waals surface area contributed by atoms with Crippen molar-refractivity contribution in [1.82, 2.24) is 10.5 Å². The Morgan fingerprint density at radius 2 is 2.50 bits per heavy atom. The van der Waals surface area contributed by atoms with Crippen LogP contribution in [-0.2, 0) is 17.9 Å². The molecule has 4 heteroatoms. The Morgan fingerprint density at radius 1 is 1.64 bits per heavy atom. The van der Waals surface area contributed by atoms with Gasteiger partial charge in [0.15, 0.2) is 5.76 Å². The zero-order valence-corrected chi connectivity index (χ0v) is 8.45. The topological polar surface area (TPSA) is 47.3 Å². The number of nitrogens with zero attached hydrogens (tertiary/aromatic N) is 1. The molecule has 1 N–H and O–H groups in total. The summed E-state index contributed by atoms with van der Waals surface area (Å²) >= 11 is 0. The van der Waals surface area contributed by atoms with Crippen molar-refractivity contribution in [3.63, 3.8) is 0 Å². The first-order valence-corrected chi connectivity index (χ1v) is 5.05. The number of hydrogen-bond donors (Lipinski definition) is 1. The van der Waals surface area contributed by atoms with Gasteiger partial charge in [0.05, 0.1) is 5.69 Å².